The molecule has 1 aliphatic rings. The van der Waals surface area contributed by atoms with Crippen LogP contribution < -0.4 is 5.32 Å². The van der Waals surface area contributed by atoms with Crippen LogP contribution in [0.15, 0.2) is 66.2 Å². The molecule has 0 bridgehead atoms. The fourth-order valence-corrected chi connectivity index (χ4v) is 10.3. The molecule has 3 amide bonds. The van der Waals surface area contributed by atoms with Crippen molar-refractivity contribution in [3.63, 3.8) is 0 Å². The maximum Gasteiger partial charge on any atom is 0.226 e. The van der Waals surface area contributed by atoms with Crippen LogP contribution in [-0.4, -0.2) is 115 Å². The largest absolute Gasteiger partial charge is 0.379 e. The van der Waals surface area contributed by atoms with Crippen LogP contribution in [0.4, 0.5) is 0 Å². The van der Waals surface area contributed by atoms with Gasteiger partial charge < -0.3 is 24.6 Å². The van der Waals surface area contributed by atoms with Crippen molar-refractivity contribution in [1.82, 2.24) is 25.0 Å². The van der Waals surface area contributed by atoms with Gasteiger partial charge >= 0.3 is 0 Å². The van der Waals surface area contributed by atoms with Crippen LogP contribution >= 0.6 is 11.3 Å². The molecule has 2 heterocycles. The number of carbonyl (C=O) groups is 4. The summed E-state index contributed by atoms with van der Waals surface area (Å²) < 4.78 is 12.2. The summed E-state index contributed by atoms with van der Waals surface area (Å²) in [5.41, 5.74) is 3.54. The number of ether oxygens (including phenoxy) is 2. The van der Waals surface area contributed by atoms with E-state index in [0.717, 1.165) is 36.4 Å². The minimum atomic E-state index is -0.596. The molecule has 12 heteroatoms. The third-order valence-electron chi connectivity index (χ3n) is 13.5. The summed E-state index contributed by atoms with van der Waals surface area (Å²) in [6.07, 6.45) is 4.50. The molecule has 2 aromatic carbocycles. The minimum absolute atomic E-state index is 0.00279. The van der Waals surface area contributed by atoms with Gasteiger partial charge in [-0.05, 0) is 68.5 Å². The molecule has 348 valence electrons. The highest BCUT2D eigenvalue weighted by Gasteiger charge is 2.43. The number of benzene rings is 2. The summed E-state index contributed by atoms with van der Waals surface area (Å²) in [6.45, 7) is 17.6. The van der Waals surface area contributed by atoms with Crippen LogP contribution in [0.5, 0.6) is 0 Å². The number of aromatic nitrogens is 1. The van der Waals surface area contributed by atoms with Crippen LogP contribution in [0.2, 0.25) is 0 Å². The topological polar surface area (TPSA) is 121 Å². The summed E-state index contributed by atoms with van der Waals surface area (Å²) >= 11 is 1.51. The highest BCUT2D eigenvalue weighted by atomic mass is 32.1. The van der Waals surface area contributed by atoms with Crippen molar-refractivity contribution in [3.8, 4) is 0 Å². The Hall–Kier alpha value is -3.97. The van der Waals surface area contributed by atoms with Gasteiger partial charge in [-0.3, -0.25) is 24.1 Å². The Kier molecular flexibility index (Phi) is 20.4. The molecule has 1 fully saturated rings. The summed E-state index contributed by atoms with van der Waals surface area (Å²) in [5.74, 6) is -1.38. The number of thiazole rings is 1. The average molecular weight is 888 g/mol. The Bertz CT molecular complexity index is 1860. The van der Waals surface area contributed by atoms with E-state index in [2.05, 4.69) is 74.1 Å². The number of nitrogens with zero attached hydrogens (tertiary/aromatic N) is 4. The van der Waals surface area contributed by atoms with Crippen molar-refractivity contribution < 1.29 is 28.7 Å². The molecule has 11 nitrogen and oxygen atoms in total. The first-order chi connectivity index (χ1) is 30.0. The maximum atomic E-state index is 14.7. The van der Waals surface area contributed by atoms with Crippen molar-refractivity contribution in [2.24, 2.45) is 29.6 Å². The van der Waals surface area contributed by atoms with E-state index in [0.29, 0.717) is 19.4 Å². The number of amides is 3. The van der Waals surface area contributed by atoms with Gasteiger partial charge in [0, 0.05) is 58.3 Å². The van der Waals surface area contributed by atoms with Crippen LogP contribution in [0.3, 0.4) is 0 Å². The monoisotopic (exact) mass is 888 g/mol. The number of hydrogen-bond acceptors (Lipinski definition) is 9. The lowest BCUT2D eigenvalue weighted by atomic mass is 9.83. The fourth-order valence-electron chi connectivity index (χ4n) is 9.60. The van der Waals surface area contributed by atoms with Crippen LogP contribution in [0, 0.1) is 36.5 Å². The van der Waals surface area contributed by atoms with Crippen LogP contribution in [-0.2, 0) is 41.5 Å². The lowest BCUT2D eigenvalue weighted by Crippen LogP contribution is -2.54. The predicted molar refractivity (Wildman–Crippen MR) is 253 cm³/mol. The Balaban J connectivity index is 1.47. The molecular formula is C51H77N5O6S. The number of methoxy groups -OCH3 is 2. The average Bonchev–Trinajstić information content (AvgIpc) is 3.99. The van der Waals surface area contributed by atoms with Gasteiger partial charge in [0.05, 0.1) is 48.7 Å². The van der Waals surface area contributed by atoms with Gasteiger partial charge in [-0.15, -0.1) is 11.3 Å². The highest BCUT2D eigenvalue weighted by Crippen LogP contribution is 2.32. The molecule has 4 rings (SSSR count). The second-order valence-electron chi connectivity index (χ2n) is 18.6. The fraction of sp³-hybridized carbons (Fsp3) is 0.627. The molecule has 1 N–H and O–H groups in total. The van der Waals surface area contributed by atoms with Gasteiger partial charge in [-0.1, -0.05) is 115 Å². The molecule has 63 heavy (non-hydrogen) atoms. The summed E-state index contributed by atoms with van der Waals surface area (Å²) in [4.78, 5) is 67.6. The first kappa shape index (κ1) is 51.7. The lowest BCUT2D eigenvalue weighted by Gasteiger charge is -2.41. The van der Waals surface area contributed by atoms with Gasteiger partial charge in [0.1, 0.15) is 5.01 Å². The SMILES string of the molecule is CC[C@H](C)[C@@H]([C@@H](CC(=O)N1CCC[C@H]1[C@H](OC)[C@@H](C)C(=O)N[C@@H](Cc1ccccc1)c1nccs1)OC)N(C)C(=O)[C@@H](CC(=O)[C@H](C(C)C)N(C)CCc1ccc(C)cc1)C(C)C. The lowest BCUT2D eigenvalue weighted by molar-refractivity contribution is -0.149. The normalized spacial score (nSPS) is 18.1. The zero-order chi connectivity index (χ0) is 46.4. The molecule has 1 aliphatic heterocycles. The van der Waals surface area contributed by atoms with E-state index in [9.17, 15) is 19.2 Å². The highest BCUT2D eigenvalue weighted by molar-refractivity contribution is 7.09. The number of aryl methyl sites for hydroxylation is 1. The number of likely N-dealkylation sites (tertiary alicyclic amines) is 1. The quantitative estimate of drug-likeness (QED) is 0.0905. The minimum Gasteiger partial charge on any atom is -0.379 e. The number of Topliss-reactive ketones (excluding diaryl/α,β-unsaturated/α-hetero) is 1. The molecule has 0 radical (unpaired) electrons. The predicted octanol–water partition coefficient (Wildman–Crippen LogP) is 8.20. The summed E-state index contributed by atoms with van der Waals surface area (Å²) in [5, 5.41) is 6.00. The molecule has 3 aromatic rings. The van der Waals surface area contributed by atoms with E-state index in [1.807, 2.05) is 68.4 Å². The first-order valence-corrected chi connectivity index (χ1v) is 24.0. The number of carbonyl (C=O) groups excluding carboxylic acids is 4. The molecule has 1 aromatic heterocycles. The second-order valence-corrected chi connectivity index (χ2v) is 19.6. The van der Waals surface area contributed by atoms with E-state index in [4.69, 9.17) is 9.47 Å². The van der Waals surface area contributed by atoms with Gasteiger partial charge in [-0.25, -0.2) is 4.98 Å². The molecule has 1 saturated heterocycles. The van der Waals surface area contributed by atoms with Crippen molar-refractivity contribution in [2.45, 2.75) is 137 Å². The summed E-state index contributed by atoms with van der Waals surface area (Å²) in [6, 6.07) is 17.2. The van der Waals surface area contributed by atoms with Gasteiger partial charge in [0.15, 0.2) is 5.78 Å². The molecule has 0 saturated carbocycles. The van der Waals surface area contributed by atoms with Crippen LogP contribution in [0.1, 0.15) is 108 Å². The third-order valence-corrected chi connectivity index (χ3v) is 14.3. The van der Waals surface area contributed by atoms with Crippen molar-refractivity contribution in [1.29, 1.82) is 0 Å². The van der Waals surface area contributed by atoms with E-state index in [1.54, 1.807) is 32.4 Å². The van der Waals surface area contributed by atoms with Crippen molar-refractivity contribution >= 4 is 34.8 Å². The second kappa shape index (κ2) is 24.9. The number of hydrogen-bond donors (Lipinski definition) is 1. The molecule has 0 spiro atoms. The van der Waals surface area contributed by atoms with E-state index in [1.165, 1.54) is 22.5 Å². The molecule has 0 unspecified atom stereocenters. The molecular weight excluding hydrogens is 811 g/mol. The van der Waals surface area contributed by atoms with Gasteiger partial charge in [0.2, 0.25) is 17.7 Å². The number of nitrogens with one attached hydrogen (secondary N) is 1. The molecule has 0 aliphatic carbocycles. The summed E-state index contributed by atoms with van der Waals surface area (Å²) in [7, 11) is 7.03. The van der Waals surface area contributed by atoms with Crippen LogP contribution in [0.25, 0.3) is 0 Å². The van der Waals surface area contributed by atoms with E-state index in [-0.39, 0.29) is 72.2 Å². The third kappa shape index (κ3) is 14.0. The maximum absolute atomic E-state index is 14.7. The van der Waals surface area contributed by atoms with E-state index >= 15 is 0 Å². The van der Waals surface area contributed by atoms with Gasteiger partial charge in [0.25, 0.3) is 0 Å². The Morgan fingerprint density at radius 2 is 1.59 bits per heavy atom. The number of rotatable bonds is 25. The Morgan fingerprint density at radius 1 is 0.905 bits per heavy atom. The van der Waals surface area contributed by atoms with Crippen molar-refractivity contribution in [2.75, 3.05) is 41.4 Å². The van der Waals surface area contributed by atoms with Gasteiger partial charge in [-0.2, -0.15) is 0 Å². The Labute approximate surface area is 382 Å². The standard InChI is InChI=1S/C51H77N5O6S/c1-13-36(7)47(55(10)51(60)40(33(2)3)31-43(57)46(34(4)5)54(9)28-25-38-23-21-35(6)22-24-38)44(61-11)32-45(58)56-27-17-20-42(56)48(62-12)37(8)49(59)53-41(50-52-26-29-63-50)30-39-18-15-14-16-19-39/h14-16,18-19,21-24,26,29,33-34,36-37,40-42,44,46-48H,13,17,20,25,27-28,30-32H2,1-12H3,(H,53,59)/t36-,37+,40-,41-,42-,44+,46-,47-,48+/m0/s1. The van der Waals surface area contributed by atoms with E-state index < -0.39 is 30.1 Å². The van der Waals surface area contributed by atoms with Crippen molar-refractivity contribution in [3.05, 3.63) is 87.9 Å². The first-order valence-electron chi connectivity index (χ1n) is 23.2. The smallest absolute Gasteiger partial charge is 0.226 e. The zero-order valence-electron chi connectivity index (χ0n) is 40.2. The number of ketones is 1. The molecule has 9 atom stereocenters. The Morgan fingerprint density at radius 3 is 2.16 bits per heavy atom. The zero-order valence-corrected chi connectivity index (χ0v) is 41.0. The number of likely N-dealkylation sites (N-methyl/N-ethyl adjacent to an activating group) is 2.